The molecule has 0 aliphatic carbocycles. The van der Waals surface area contributed by atoms with E-state index in [0.29, 0.717) is 12.3 Å². The number of para-hydroxylation sites is 1. The normalized spacial score (nSPS) is 10.2. The average Bonchev–Trinajstić information content (AvgIpc) is 3.25. The molecular formula is C22H21N3O4. The van der Waals surface area contributed by atoms with Crippen molar-refractivity contribution in [3.8, 4) is 0 Å². The summed E-state index contributed by atoms with van der Waals surface area (Å²) in [5, 5.41) is 7.79. The van der Waals surface area contributed by atoms with E-state index in [2.05, 4.69) is 16.0 Å². The highest BCUT2D eigenvalue weighted by Gasteiger charge is 2.18. The third-order valence-electron chi connectivity index (χ3n) is 4.33. The summed E-state index contributed by atoms with van der Waals surface area (Å²) in [4.78, 5) is 36.8. The van der Waals surface area contributed by atoms with Gasteiger partial charge in [0.2, 0.25) is 0 Å². The Bertz CT molecular complexity index is 1010. The number of carbonyl (C=O) groups excluding carboxylic acids is 3. The van der Waals surface area contributed by atoms with Gasteiger partial charge in [-0.05, 0) is 42.3 Å². The third kappa shape index (κ3) is 5.32. The van der Waals surface area contributed by atoms with Crippen molar-refractivity contribution in [2.24, 2.45) is 0 Å². The van der Waals surface area contributed by atoms with Gasteiger partial charge in [0.25, 0.3) is 5.91 Å². The third-order valence-corrected chi connectivity index (χ3v) is 4.33. The molecule has 7 nitrogen and oxygen atoms in total. The van der Waals surface area contributed by atoms with Crippen LogP contribution in [0, 0.1) is 6.92 Å². The first-order chi connectivity index (χ1) is 14.0. The molecule has 3 aromatic rings. The van der Waals surface area contributed by atoms with E-state index in [9.17, 15) is 14.4 Å². The Morgan fingerprint density at radius 2 is 1.59 bits per heavy atom. The predicted molar refractivity (Wildman–Crippen MR) is 108 cm³/mol. The van der Waals surface area contributed by atoms with E-state index >= 15 is 0 Å². The second-order valence-electron chi connectivity index (χ2n) is 6.37. The Morgan fingerprint density at radius 3 is 2.34 bits per heavy atom. The number of aryl methyl sites for hydroxylation is 1. The number of hydrogen-bond donors (Lipinski definition) is 3. The van der Waals surface area contributed by atoms with Crippen molar-refractivity contribution in [1.29, 1.82) is 0 Å². The van der Waals surface area contributed by atoms with E-state index in [0.717, 1.165) is 11.1 Å². The zero-order valence-corrected chi connectivity index (χ0v) is 15.9. The van der Waals surface area contributed by atoms with Gasteiger partial charge in [-0.25, -0.2) is 0 Å². The molecule has 0 unspecified atom stereocenters. The molecule has 2 aromatic carbocycles. The molecular weight excluding hydrogens is 370 g/mol. The molecule has 1 heterocycles. The van der Waals surface area contributed by atoms with Crippen molar-refractivity contribution < 1.29 is 18.8 Å². The van der Waals surface area contributed by atoms with Gasteiger partial charge in [-0.2, -0.15) is 0 Å². The van der Waals surface area contributed by atoms with Crippen LogP contribution < -0.4 is 16.0 Å². The lowest BCUT2D eigenvalue weighted by Crippen LogP contribution is -2.35. The number of benzene rings is 2. The summed E-state index contributed by atoms with van der Waals surface area (Å²) >= 11 is 0. The van der Waals surface area contributed by atoms with E-state index in [1.54, 1.807) is 36.4 Å². The van der Waals surface area contributed by atoms with Crippen LogP contribution in [0.15, 0.2) is 71.3 Å². The molecule has 0 saturated carbocycles. The molecule has 0 fully saturated rings. The number of furan rings is 1. The first kappa shape index (κ1) is 19.9. The van der Waals surface area contributed by atoms with E-state index < -0.39 is 11.8 Å². The molecule has 0 aliphatic rings. The predicted octanol–water partition coefficient (Wildman–Crippen LogP) is 2.77. The van der Waals surface area contributed by atoms with Crippen LogP contribution in [-0.4, -0.2) is 17.7 Å². The fourth-order valence-corrected chi connectivity index (χ4v) is 2.71. The van der Waals surface area contributed by atoms with Crippen LogP contribution in [0.1, 0.15) is 27.2 Å². The fraction of sp³-hybridized carbons (Fsp3) is 0.136. The Balaban J connectivity index is 1.61. The molecule has 0 bridgehead atoms. The molecule has 148 valence electrons. The maximum atomic E-state index is 12.6. The van der Waals surface area contributed by atoms with Gasteiger partial charge in [0.1, 0.15) is 5.76 Å². The van der Waals surface area contributed by atoms with Crippen LogP contribution in [0.5, 0.6) is 0 Å². The second-order valence-corrected chi connectivity index (χ2v) is 6.37. The van der Waals surface area contributed by atoms with Crippen LogP contribution in [0.3, 0.4) is 0 Å². The van der Waals surface area contributed by atoms with Crippen molar-refractivity contribution in [3.05, 3.63) is 89.4 Å². The molecule has 0 radical (unpaired) electrons. The van der Waals surface area contributed by atoms with Gasteiger partial charge in [-0.1, -0.05) is 36.4 Å². The molecule has 0 spiro atoms. The zero-order valence-electron chi connectivity index (χ0n) is 15.9. The van der Waals surface area contributed by atoms with E-state index in [-0.39, 0.29) is 23.7 Å². The van der Waals surface area contributed by atoms with Gasteiger partial charge in [0, 0.05) is 6.54 Å². The standard InChI is InChI=1S/C22H21N3O4/c1-15-7-2-3-8-16(15)13-23-20(26)18-10-4-5-11-19(18)25-22(28)21(27)24-14-17-9-6-12-29-17/h2-12H,13-14H2,1H3,(H,23,26)(H,24,27)(H,25,28). The van der Waals surface area contributed by atoms with Crippen molar-refractivity contribution in [2.75, 3.05) is 5.32 Å². The summed E-state index contributed by atoms with van der Waals surface area (Å²) in [6.45, 7) is 2.42. The van der Waals surface area contributed by atoms with Crippen LogP contribution in [0.4, 0.5) is 5.69 Å². The minimum Gasteiger partial charge on any atom is -0.467 e. The molecule has 3 N–H and O–H groups in total. The molecule has 0 aliphatic heterocycles. The first-order valence-corrected chi connectivity index (χ1v) is 9.08. The topological polar surface area (TPSA) is 100 Å². The minimum atomic E-state index is -0.865. The molecule has 1 aromatic heterocycles. The Labute approximate surface area is 168 Å². The van der Waals surface area contributed by atoms with Crippen molar-refractivity contribution in [2.45, 2.75) is 20.0 Å². The molecule has 29 heavy (non-hydrogen) atoms. The average molecular weight is 391 g/mol. The second kappa shape index (κ2) is 9.36. The Hall–Kier alpha value is -3.87. The van der Waals surface area contributed by atoms with E-state index in [1.807, 2.05) is 31.2 Å². The summed E-state index contributed by atoms with van der Waals surface area (Å²) in [5.41, 5.74) is 2.60. The number of amides is 3. The number of carbonyl (C=O) groups is 3. The maximum absolute atomic E-state index is 12.6. The van der Waals surface area contributed by atoms with Gasteiger partial charge in [-0.3, -0.25) is 14.4 Å². The highest BCUT2D eigenvalue weighted by Crippen LogP contribution is 2.15. The van der Waals surface area contributed by atoms with Gasteiger partial charge in [0.15, 0.2) is 0 Å². The quantitative estimate of drug-likeness (QED) is 0.563. The maximum Gasteiger partial charge on any atom is 0.313 e. The van der Waals surface area contributed by atoms with Crippen LogP contribution >= 0.6 is 0 Å². The monoisotopic (exact) mass is 391 g/mol. The van der Waals surface area contributed by atoms with Crippen molar-refractivity contribution >= 4 is 23.4 Å². The summed E-state index contributed by atoms with van der Waals surface area (Å²) in [6, 6.07) is 17.6. The van der Waals surface area contributed by atoms with Crippen LogP contribution in [-0.2, 0) is 22.7 Å². The highest BCUT2D eigenvalue weighted by molar-refractivity contribution is 6.40. The number of anilines is 1. The van der Waals surface area contributed by atoms with Gasteiger partial charge in [0.05, 0.1) is 24.1 Å². The first-order valence-electron chi connectivity index (χ1n) is 9.08. The van der Waals surface area contributed by atoms with E-state index in [1.165, 1.54) is 6.26 Å². The summed E-state index contributed by atoms with van der Waals surface area (Å²) in [7, 11) is 0. The molecule has 7 heteroatoms. The van der Waals surface area contributed by atoms with Gasteiger partial charge >= 0.3 is 11.8 Å². The Kier molecular flexibility index (Phi) is 6.42. The lowest BCUT2D eigenvalue weighted by molar-refractivity contribution is -0.136. The minimum absolute atomic E-state index is 0.0951. The Morgan fingerprint density at radius 1 is 0.828 bits per heavy atom. The van der Waals surface area contributed by atoms with Crippen molar-refractivity contribution in [1.82, 2.24) is 10.6 Å². The van der Waals surface area contributed by atoms with Gasteiger partial charge in [-0.15, -0.1) is 0 Å². The van der Waals surface area contributed by atoms with Crippen LogP contribution in [0.2, 0.25) is 0 Å². The zero-order chi connectivity index (χ0) is 20.6. The molecule has 3 amide bonds. The van der Waals surface area contributed by atoms with Crippen molar-refractivity contribution in [3.63, 3.8) is 0 Å². The van der Waals surface area contributed by atoms with Crippen LogP contribution in [0.25, 0.3) is 0 Å². The SMILES string of the molecule is Cc1ccccc1CNC(=O)c1ccccc1NC(=O)C(=O)NCc1ccco1. The molecule has 0 saturated heterocycles. The summed E-state index contributed by atoms with van der Waals surface area (Å²) in [6.07, 6.45) is 1.48. The fourth-order valence-electron chi connectivity index (χ4n) is 2.71. The largest absolute Gasteiger partial charge is 0.467 e. The summed E-state index contributed by atoms with van der Waals surface area (Å²) in [5.74, 6) is -1.51. The molecule has 0 atom stereocenters. The van der Waals surface area contributed by atoms with E-state index in [4.69, 9.17) is 4.42 Å². The van der Waals surface area contributed by atoms with Gasteiger partial charge < -0.3 is 20.4 Å². The lowest BCUT2D eigenvalue weighted by Gasteiger charge is -2.12. The number of nitrogens with one attached hydrogen (secondary N) is 3. The lowest BCUT2D eigenvalue weighted by atomic mass is 10.1. The highest BCUT2D eigenvalue weighted by atomic mass is 16.3. The molecule has 3 rings (SSSR count). The number of rotatable bonds is 6. The number of hydrogen-bond acceptors (Lipinski definition) is 4. The summed E-state index contributed by atoms with van der Waals surface area (Å²) < 4.78 is 5.10. The smallest absolute Gasteiger partial charge is 0.313 e.